The minimum atomic E-state index is -3.86. The van der Waals surface area contributed by atoms with Crippen molar-refractivity contribution in [2.45, 2.75) is 44.4 Å². The molecule has 0 aliphatic carbocycles. The number of alkyl halides is 1. The number of pyridine rings is 1. The molecule has 1 aromatic carbocycles. The van der Waals surface area contributed by atoms with Crippen LogP contribution in [0.1, 0.15) is 38.3 Å². The number of aliphatic hydroxyl groups is 1. The molecule has 0 aliphatic heterocycles. The molecule has 0 bridgehead atoms. The molecule has 2 aromatic heterocycles. The summed E-state index contributed by atoms with van der Waals surface area (Å²) in [4.78, 5) is 8.18. The summed E-state index contributed by atoms with van der Waals surface area (Å²) < 4.78 is 46.3. The third-order valence-corrected chi connectivity index (χ3v) is 5.87. The minimum absolute atomic E-state index is 0.0135. The highest BCUT2D eigenvalue weighted by molar-refractivity contribution is 7.89. The van der Waals surface area contributed by atoms with Gasteiger partial charge < -0.3 is 15.4 Å². The molecule has 3 rings (SSSR count). The molecule has 0 saturated carbocycles. The number of nitrogens with one attached hydrogen (secondary N) is 1. The zero-order chi connectivity index (χ0) is 23.0. The first-order valence-electron chi connectivity index (χ1n) is 9.44. The van der Waals surface area contributed by atoms with E-state index >= 15 is 0 Å². The highest BCUT2D eigenvalue weighted by Gasteiger charge is 2.22. The molecule has 166 valence electrons. The van der Waals surface area contributed by atoms with E-state index in [1.807, 2.05) is 6.92 Å². The number of aryl methyl sites for hydroxylation is 1. The van der Waals surface area contributed by atoms with E-state index in [1.165, 1.54) is 39.1 Å². The SMILES string of the molecule is Cc1ccc(S(=O)(=O)NCC(C)(C)O)cc1-c1cnc(N)c(-c2nc(C(C)F)no2)c1. The van der Waals surface area contributed by atoms with Crippen molar-refractivity contribution in [1.29, 1.82) is 0 Å². The number of sulfonamides is 1. The predicted octanol–water partition coefficient (Wildman–Crippen LogP) is 2.77. The summed E-state index contributed by atoms with van der Waals surface area (Å²) in [5.41, 5.74) is 7.01. The van der Waals surface area contributed by atoms with E-state index < -0.39 is 21.8 Å². The Balaban J connectivity index is 2.02. The first-order valence-corrected chi connectivity index (χ1v) is 10.9. The maximum absolute atomic E-state index is 13.4. The van der Waals surface area contributed by atoms with Gasteiger partial charge in [0.2, 0.25) is 15.8 Å². The molecular formula is C20H24FN5O4S. The third-order valence-electron chi connectivity index (χ3n) is 4.47. The van der Waals surface area contributed by atoms with Crippen LogP contribution in [-0.2, 0) is 10.0 Å². The number of halogens is 1. The number of nitrogens with zero attached hydrogens (tertiary/aromatic N) is 3. The molecule has 0 saturated heterocycles. The number of hydrogen-bond acceptors (Lipinski definition) is 8. The Bertz CT molecular complexity index is 1200. The number of aromatic nitrogens is 3. The number of benzene rings is 1. The molecule has 31 heavy (non-hydrogen) atoms. The van der Waals surface area contributed by atoms with E-state index in [4.69, 9.17) is 10.3 Å². The summed E-state index contributed by atoms with van der Waals surface area (Å²) >= 11 is 0. The molecule has 3 aromatic rings. The molecule has 11 heteroatoms. The first kappa shape index (κ1) is 22.8. The van der Waals surface area contributed by atoms with Gasteiger partial charge in [0.15, 0.2) is 6.17 Å². The Morgan fingerprint density at radius 2 is 2.00 bits per heavy atom. The second-order valence-corrected chi connectivity index (χ2v) is 9.61. The lowest BCUT2D eigenvalue weighted by Gasteiger charge is -2.18. The molecule has 0 amide bonds. The largest absolute Gasteiger partial charge is 0.389 e. The number of anilines is 1. The predicted molar refractivity (Wildman–Crippen MR) is 113 cm³/mol. The Kier molecular flexibility index (Phi) is 6.12. The summed E-state index contributed by atoms with van der Waals surface area (Å²) in [5.74, 6) is 0.0142. The van der Waals surface area contributed by atoms with Crippen LogP contribution < -0.4 is 10.5 Å². The van der Waals surface area contributed by atoms with Gasteiger partial charge >= 0.3 is 0 Å². The molecule has 1 unspecified atom stereocenters. The van der Waals surface area contributed by atoms with Crippen molar-refractivity contribution in [2.75, 3.05) is 12.3 Å². The van der Waals surface area contributed by atoms with Gasteiger partial charge in [0.1, 0.15) is 5.82 Å². The second kappa shape index (κ2) is 8.33. The van der Waals surface area contributed by atoms with Gasteiger partial charge in [-0.3, -0.25) is 0 Å². The van der Waals surface area contributed by atoms with Crippen molar-refractivity contribution in [3.8, 4) is 22.6 Å². The number of nitrogen functional groups attached to an aromatic ring is 1. The van der Waals surface area contributed by atoms with Gasteiger partial charge in [-0.25, -0.2) is 22.5 Å². The van der Waals surface area contributed by atoms with Gasteiger partial charge in [-0.2, -0.15) is 4.98 Å². The zero-order valence-corrected chi connectivity index (χ0v) is 18.4. The smallest absolute Gasteiger partial charge is 0.261 e. The van der Waals surface area contributed by atoms with E-state index in [0.717, 1.165) is 5.56 Å². The van der Waals surface area contributed by atoms with Crippen LogP contribution in [0.5, 0.6) is 0 Å². The number of nitrogens with two attached hydrogens (primary N) is 1. The summed E-state index contributed by atoms with van der Waals surface area (Å²) in [6.07, 6.45) is 0.0899. The van der Waals surface area contributed by atoms with Crippen molar-refractivity contribution in [2.24, 2.45) is 0 Å². The molecule has 0 aliphatic rings. The third kappa shape index (κ3) is 5.24. The van der Waals surface area contributed by atoms with E-state index in [-0.39, 0.29) is 29.0 Å². The van der Waals surface area contributed by atoms with Gasteiger partial charge in [-0.15, -0.1) is 0 Å². The highest BCUT2D eigenvalue weighted by atomic mass is 32.2. The average Bonchev–Trinajstić information content (AvgIpc) is 3.17. The normalized spacial score (nSPS) is 13.4. The Labute approximate surface area is 179 Å². The summed E-state index contributed by atoms with van der Waals surface area (Å²) in [6.45, 7) is 5.97. The van der Waals surface area contributed by atoms with Crippen molar-refractivity contribution in [3.05, 3.63) is 41.9 Å². The van der Waals surface area contributed by atoms with Gasteiger partial charge in [0, 0.05) is 18.3 Å². The molecule has 9 nitrogen and oxygen atoms in total. The van der Waals surface area contributed by atoms with Crippen LogP contribution in [-0.4, -0.2) is 40.8 Å². The fourth-order valence-corrected chi connectivity index (χ4v) is 3.96. The molecule has 2 heterocycles. The van der Waals surface area contributed by atoms with E-state index in [2.05, 4.69) is 19.8 Å². The van der Waals surface area contributed by atoms with Crippen LogP contribution in [0.25, 0.3) is 22.6 Å². The van der Waals surface area contributed by atoms with Crippen LogP contribution in [0.4, 0.5) is 10.2 Å². The summed E-state index contributed by atoms with van der Waals surface area (Å²) in [5, 5.41) is 13.4. The molecule has 1 atom stereocenters. The molecule has 0 radical (unpaired) electrons. The second-order valence-electron chi connectivity index (χ2n) is 7.84. The van der Waals surface area contributed by atoms with Crippen molar-refractivity contribution >= 4 is 15.8 Å². The molecule has 0 spiro atoms. The lowest BCUT2D eigenvalue weighted by molar-refractivity contribution is 0.0857. The topological polar surface area (TPSA) is 144 Å². The fraction of sp³-hybridized carbons (Fsp3) is 0.350. The van der Waals surface area contributed by atoms with Crippen LogP contribution in [0, 0.1) is 6.92 Å². The zero-order valence-electron chi connectivity index (χ0n) is 17.5. The minimum Gasteiger partial charge on any atom is -0.389 e. The average molecular weight is 450 g/mol. The standard InChI is InChI=1S/C20H24FN5O4S/c1-11-5-6-14(31(28,29)24-10-20(3,4)27)8-15(11)13-7-16(17(22)23-9-13)19-25-18(12(2)21)26-30-19/h5-9,12,24,27H,10H2,1-4H3,(H2,22,23). The van der Waals surface area contributed by atoms with Crippen LogP contribution in [0.15, 0.2) is 39.9 Å². The molecule has 0 fully saturated rings. The van der Waals surface area contributed by atoms with E-state index in [9.17, 15) is 17.9 Å². The van der Waals surface area contributed by atoms with Crippen LogP contribution in [0.3, 0.4) is 0 Å². The Morgan fingerprint density at radius 1 is 1.29 bits per heavy atom. The van der Waals surface area contributed by atoms with Crippen LogP contribution >= 0.6 is 0 Å². The lowest BCUT2D eigenvalue weighted by atomic mass is 10.0. The Hall–Kier alpha value is -2.89. The summed E-state index contributed by atoms with van der Waals surface area (Å²) in [6, 6.07) is 6.27. The van der Waals surface area contributed by atoms with Gasteiger partial charge in [-0.1, -0.05) is 11.2 Å². The fourth-order valence-electron chi connectivity index (χ4n) is 2.73. The van der Waals surface area contributed by atoms with Crippen LogP contribution in [0.2, 0.25) is 0 Å². The van der Waals surface area contributed by atoms with Gasteiger partial charge in [0.25, 0.3) is 5.89 Å². The first-order chi connectivity index (χ1) is 14.4. The van der Waals surface area contributed by atoms with Crippen molar-refractivity contribution in [1.82, 2.24) is 19.8 Å². The summed E-state index contributed by atoms with van der Waals surface area (Å²) in [7, 11) is -3.86. The van der Waals surface area contributed by atoms with Gasteiger partial charge in [-0.05, 0) is 57.0 Å². The lowest BCUT2D eigenvalue weighted by Crippen LogP contribution is -2.38. The quantitative estimate of drug-likeness (QED) is 0.499. The molecular weight excluding hydrogens is 425 g/mol. The highest BCUT2D eigenvalue weighted by Crippen LogP contribution is 2.32. The molecule has 4 N–H and O–H groups in total. The maximum atomic E-state index is 13.4. The Morgan fingerprint density at radius 3 is 2.61 bits per heavy atom. The number of hydrogen-bond donors (Lipinski definition) is 3. The number of rotatable bonds is 7. The van der Waals surface area contributed by atoms with Crippen molar-refractivity contribution in [3.63, 3.8) is 0 Å². The van der Waals surface area contributed by atoms with Gasteiger partial charge in [0.05, 0.1) is 16.1 Å². The monoisotopic (exact) mass is 449 g/mol. The van der Waals surface area contributed by atoms with E-state index in [1.54, 1.807) is 12.1 Å². The van der Waals surface area contributed by atoms with E-state index in [0.29, 0.717) is 16.7 Å². The maximum Gasteiger partial charge on any atom is 0.261 e. The van der Waals surface area contributed by atoms with Crippen molar-refractivity contribution < 1.29 is 22.4 Å².